The third kappa shape index (κ3) is 4.64. The third-order valence-corrected chi connectivity index (χ3v) is 3.80. The highest BCUT2D eigenvalue weighted by Gasteiger charge is 2.08. The number of nitrogens with zero attached hydrogens (tertiary/aromatic N) is 2. The Morgan fingerprint density at radius 3 is 2.19 bits per heavy atom. The molecule has 3 heteroatoms. The maximum absolute atomic E-state index is 4.70. The van der Waals surface area contributed by atoms with Crippen molar-refractivity contribution in [1.29, 1.82) is 0 Å². The van der Waals surface area contributed by atoms with Gasteiger partial charge in [-0.15, -0.1) is 0 Å². The number of aromatic nitrogens is 2. The van der Waals surface area contributed by atoms with Crippen molar-refractivity contribution in [2.45, 2.75) is 39.5 Å². The van der Waals surface area contributed by atoms with Crippen molar-refractivity contribution in [3.8, 4) is 0 Å². The molecule has 0 bridgehead atoms. The van der Waals surface area contributed by atoms with Gasteiger partial charge in [-0.25, -0.2) is 9.97 Å². The van der Waals surface area contributed by atoms with Gasteiger partial charge in [0.15, 0.2) is 0 Å². The van der Waals surface area contributed by atoms with Crippen LogP contribution in [0.1, 0.15) is 34.8 Å². The van der Waals surface area contributed by atoms with Crippen LogP contribution in [0.15, 0.2) is 30.3 Å². The average molecular weight is 283 g/mol. The van der Waals surface area contributed by atoms with E-state index in [1.807, 2.05) is 13.1 Å². The molecule has 1 aromatic heterocycles. The maximum Gasteiger partial charge on any atom is 0.129 e. The Labute approximate surface area is 127 Å². The number of aryl methyl sites for hydroxylation is 4. The first-order valence-electron chi connectivity index (χ1n) is 7.72. The summed E-state index contributed by atoms with van der Waals surface area (Å²) in [5.41, 5.74) is 4.94. The van der Waals surface area contributed by atoms with Gasteiger partial charge in [-0.3, -0.25) is 0 Å². The molecule has 2 rings (SSSR count). The second-order valence-corrected chi connectivity index (χ2v) is 5.48. The molecule has 3 nitrogen and oxygen atoms in total. The molecule has 0 unspecified atom stereocenters. The highest BCUT2D eigenvalue weighted by atomic mass is 14.9. The first-order chi connectivity index (χ1) is 10.2. The normalized spacial score (nSPS) is 10.8. The summed E-state index contributed by atoms with van der Waals surface area (Å²) in [5.74, 6) is 0.964. The van der Waals surface area contributed by atoms with Gasteiger partial charge in [-0.05, 0) is 57.8 Å². The van der Waals surface area contributed by atoms with Crippen LogP contribution in [-0.2, 0) is 19.3 Å². The molecule has 0 aliphatic carbocycles. The van der Waals surface area contributed by atoms with Crippen molar-refractivity contribution < 1.29 is 0 Å². The molecule has 1 heterocycles. The number of rotatable bonds is 7. The van der Waals surface area contributed by atoms with Crippen LogP contribution in [0.4, 0.5) is 0 Å². The minimum Gasteiger partial charge on any atom is -0.320 e. The average Bonchev–Trinajstić information content (AvgIpc) is 2.49. The van der Waals surface area contributed by atoms with E-state index < -0.39 is 0 Å². The topological polar surface area (TPSA) is 37.8 Å². The summed E-state index contributed by atoms with van der Waals surface area (Å²) in [6.45, 7) is 5.25. The molecular formula is C18H25N3. The standard InChI is InChI=1S/C18H25N3/c1-14-17(10-7-13-19-3)15(2)21-18(20-14)12-11-16-8-5-4-6-9-16/h4-6,8-9,19H,7,10-13H2,1-3H3. The largest absolute Gasteiger partial charge is 0.320 e. The van der Waals surface area contributed by atoms with Crippen LogP contribution < -0.4 is 5.32 Å². The van der Waals surface area contributed by atoms with Crippen molar-refractivity contribution in [3.63, 3.8) is 0 Å². The lowest BCUT2D eigenvalue weighted by molar-refractivity contribution is 0.709. The molecule has 0 radical (unpaired) electrons. The zero-order valence-corrected chi connectivity index (χ0v) is 13.3. The van der Waals surface area contributed by atoms with Gasteiger partial charge in [0.1, 0.15) is 5.82 Å². The van der Waals surface area contributed by atoms with E-state index in [0.717, 1.165) is 49.4 Å². The number of nitrogens with one attached hydrogen (secondary N) is 1. The molecule has 112 valence electrons. The lowest BCUT2D eigenvalue weighted by Gasteiger charge is -2.11. The maximum atomic E-state index is 4.70. The van der Waals surface area contributed by atoms with Crippen LogP contribution in [0.5, 0.6) is 0 Å². The number of benzene rings is 1. The van der Waals surface area contributed by atoms with E-state index in [1.54, 1.807) is 0 Å². The molecule has 2 aromatic rings. The summed E-state index contributed by atoms with van der Waals surface area (Å²) in [7, 11) is 1.99. The Morgan fingerprint density at radius 2 is 1.57 bits per heavy atom. The van der Waals surface area contributed by atoms with E-state index in [2.05, 4.69) is 43.4 Å². The molecule has 21 heavy (non-hydrogen) atoms. The fourth-order valence-electron chi connectivity index (χ4n) is 2.63. The van der Waals surface area contributed by atoms with E-state index in [9.17, 15) is 0 Å². The minimum absolute atomic E-state index is 0.905. The van der Waals surface area contributed by atoms with Crippen molar-refractivity contribution >= 4 is 0 Å². The minimum atomic E-state index is 0.905. The van der Waals surface area contributed by atoms with Gasteiger partial charge in [-0.1, -0.05) is 30.3 Å². The van der Waals surface area contributed by atoms with Crippen molar-refractivity contribution in [3.05, 3.63) is 58.7 Å². The van der Waals surface area contributed by atoms with Gasteiger partial charge in [0.25, 0.3) is 0 Å². The van der Waals surface area contributed by atoms with Crippen molar-refractivity contribution in [2.24, 2.45) is 0 Å². The van der Waals surface area contributed by atoms with E-state index in [-0.39, 0.29) is 0 Å². The molecular weight excluding hydrogens is 258 g/mol. The molecule has 0 atom stereocenters. The van der Waals surface area contributed by atoms with Crippen LogP contribution in [-0.4, -0.2) is 23.6 Å². The fourth-order valence-corrected chi connectivity index (χ4v) is 2.63. The van der Waals surface area contributed by atoms with Crippen LogP contribution in [0.25, 0.3) is 0 Å². The monoisotopic (exact) mass is 283 g/mol. The van der Waals surface area contributed by atoms with E-state index in [4.69, 9.17) is 9.97 Å². The third-order valence-electron chi connectivity index (χ3n) is 3.80. The van der Waals surface area contributed by atoms with Gasteiger partial charge >= 0.3 is 0 Å². The summed E-state index contributed by atoms with van der Waals surface area (Å²) < 4.78 is 0. The van der Waals surface area contributed by atoms with E-state index in [1.165, 1.54) is 11.1 Å². The Balaban J connectivity index is 2.01. The zero-order chi connectivity index (χ0) is 15.1. The summed E-state index contributed by atoms with van der Waals surface area (Å²) >= 11 is 0. The molecule has 0 saturated heterocycles. The number of hydrogen-bond acceptors (Lipinski definition) is 3. The fraction of sp³-hybridized carbons (Fsp3) is 0.444. The molecule has 0 aliphatic rings. The van der Waals surface area contributed by atoms with Gasteiger partial charge < -0.3 is 5.32 Å². The first-order valence-corrected chi connectivity index (χ1v) is 7.72. The van der Waals surface area contributed by atoms with Crippen molar-refractivity contribution in [2.75, 3.05) is 13.6 Å². The predicted octanol–water partition coefficient (Wildman–Crippen LogP) is 3.03. The molecule has 1 aromatic carbocycles. The Morgan fingerprint density at radius 1 is 0.905 bits per heavy atom. The SMILES string of the molecule is CNCCCc1c(C)nc(CCc2ccccc2)nc1C. The molecule has 0 aliphatic heterocycles. The zero-order valence-electron chi connectivity index (χ0n) is 13.3. The Kier molecular flexibility index (Phi) is 5.88. The molecule has 0 amide bonds. The summed E-state index contributed by atoms with van der Waals surface area (Å²) in [6, 6.07) is 10.5. The lowest BCUT2D eigenvalue weighted by atomic mass is 10.1. The van der Waals surface area contributed by atoms with E-state index >= 15 is 0 Å². The van der Waals surface area contributed by atoms with Crippen LogP contribution >= 0.6 is 0 Å². The number of hydrogen-bond donors (Lipinski definition) is 1. The van der Waals surface area contributed by atoms with Gasteiger partial charge in [-0.2, -0.15) is 0 Å². The van der Waals surface area contributed by atoms with E-state index in [0.29, 0.717) is 0 Å². The first kappa shape index (κ1) is 15.6. The Hall–Kier alpha value is -1.74. The molecule has 0 saturated carbocycles. The van der Waals surface area contributed by atoms with Crippen LogP contribution in [0, 0.1) is 13.8 Å². The summed E-state index contributed by atoms with van der Waals surface area (Å²) in [6.07, 6.45) is 4.09. The molecule has 0 spiro atoms. The van der Waals surface area contributed by atoms with Gasteiger partial charge in [0.2, 0.25) is 0 Å². The second kappa shape index (κ2) is 7.89. The molecule has 1 N–H and O–H groups in total. The van der Waals surface area contributed by atoms with Crippen molar-refractivity contribution in [1.82, 2.24) is 15.3 Å². The lowest BCUT2D eigenvalue weighted by Crippen LogP contribution is -2.11. The smallest absolute Gasteiger partial charge is 0.129 e. The Bertz CT molecular complexity index is 541. The van der Waals surface area contributed by atoms with Crippen LogP contribution in [0.2, 0.25) is 0 Å². The van der Waals surface area contributed by atoms with Gasteiger partial charge in [0, 0.05) is 17.8 Å². The van der Waals surface area contributed by atoms with Crippen LogP contribution in [0.3, 0.4) is 0 Å². The highest BCUT2D eigenvalue weighted by molar-refractivity contribution is 5.25. The summed E-state index contributed by atoms with van der Waals surface area (Å²) in [4.78, 5) is 9.39. The predicted molar refractivity (Wildman–Crippen MR) is 87.6 cm³/mol. The quantitative estimate of drug-likeness (QED) is 0.794. The summed E-state index contributed by atoms with van der Waals surface area (Å²) in [5, 5.41) is 3.19. The second-order valence-electron chi connectivity index (χ2n) is 5.48. The highest BCUT2D eigenvalue weighted by Crippen LogP contribution is 2.13. The molecule has 0 fully saturated rings. The van der Waals surface area contributed by atoms with Gasteiger partial charge in [0.05, 0.1) is 0 Å².